The second-order valence-corrected chi connectivity index (χ2v) is 4.79. The van der Waals surface area contributed by atoms with Crippen LogP contribution in [0.5, 0.6) is 0 Å². The number of amides is 2. The number of nitrogens with two attached hydrogens (primary N) is 1. The molecule has 0 aliphatic heterocycles. The fourth-order valence-corrected chi connectivity index (χ4v) is 1.49. The molecule has 9 heteroatoms. The molecule has 19 heavy (non-hydrogen) atoms. The summed E-state index contributed by atoms with van der Waals surface area (Å²) < 4.78 is 0.975. The molecule has 0 aliphatic rings. The van der Waals surface area contributed by atoms with E-state index in [0.717, 1.165) is 4.31 Å². The van der Waals surface area contributed by atoms with E-state index in [4.69, 9.17) is 10.8 Å². The van der Waals surface area contributed by atoms with Gasteiger partial charge < -0.3 is 16.2 Å². The molecule has 0 aromatic carbocycles. The molecule has 0 aliphatic carbocycles. The lowest BCUT2D eigenvalue weighted by molar-refractivity contribution is -0.139. The standard InChI is InChI=1S/C10H19N3O4S2/c1-6(9(15)12-4-5-18)13(19)8(14)3-2-7(11)10(16)17/h6-7,18-19H,2-5,11H2,1H3,(H,12,15)(H,16,17). The predicted octanol–water partition coefficient (Wildman–Crippen LogP) is -0.714. The van der Waals surface area contributed by atoms with Crippen molar-refractivity contribution in [1.82, 2.24) is 9.62 Å². The average Bonchev–Trinajstić information content (AvgIpc) is 2.39. The topological polar surface area (TPSA) is 113 Å². The largest absolute Gasteiger partial charge is 0.480 e. The summed E-state index contributed by atoms with van der Waals surface area (Å²) in [5.74, 6) is -1.47. The van der Waals surface area contributed by atoms with Gasteiger partial charge in [0.25, 0.3) is 0 Å². The van der Waals surface area contributed by atoms with Crippen LogP contribution in [0.25, 0.3) is 0 Å². The lowest BCUT2D eigenvalue weighted by Crippen LogP contribution is -2.44. The molecule has 0 saturated carbocycles. The summed E-state index contributed by atoms with van der Waals surface area (Å²) >= 11 is 7.90. The molecule has 0 saturated heterocycles. The number of hydrogen-bond acceptors (Lipinski definition) is 6. The fraction of sp³-hybridized carbons (Fsp3) is 0.700. The van der Waals surface area contributed by atoms with E-state index in [9.17, 15) is 14.4 Å². The highest BCUT2D eigenvalue weighted by atomic mass is 32.1. The molecular formula is C10H19N3O4S2. The molecule has 0 spiro atoms. The van der Waals surface area contributed by atoms with Crippen LogP contribution in [0.1, 0.15) is 19.8 Å². The van der Waals surface area contributed by atoms with Gasteiger partial charge in [0.05, 0.1) is 0 Å². The van der Waals surface area contributed by atoms with Crippen molar-refractivity contribution in [2.24, 2.45) is 5.73 Å². The minimum absolute atomic E-state index is 0.00376. The third kappa shape index (κ3) is 6.69. The summed E-state index contributed by atoms with van der Waals surface area (Å²) in [7, 11) is 0. The van der Waals surface area contributed by atoms with Crippen molar-refractivity contribution in [1.29, 1.82) is 0 Å². The van der Waals surface area contributed by atoms with Gasteiger partial charge in [-0.2, -0.15) is 12.6 Å². The first kappa shape index (κ1) is 18.1. The van der Waals surface area contributed by atoms with Crippen LogP contribution < -0.4 is 11.1 Å². The van der Waals surface area contributed by atoms with Crippen molar-refractivity contribution in [2.45, 2.75) is 31.8 Å². The van der Waals surface area contributed by atoms with Crippen LogP contribution in [-0.2, 0) is 14.4 Å². The number of hydrogen-bond donors (Lipinski definition) is 5. The molecule has 0 heterocycles. The summed E-state index contributed by atoms with van der Waals surface area (Å²) in [6.07, 6.45) is -0.0860. The Labute approximate surface area is 122 Å². The maximum Gasteiger partial charge on any atom is 0.320 e. The van der Waals surface area contributed by atoms with E-state index in [1.807, 2.05) is 0 Å². The summed E-state index contributed by atoms with van der Waals surface area (Å²) in [6.45, 7) is 1.92. The van der Waals surface area contributed by atoms with E-state index in [1.165, 1.54) is 6.92 Å². The van der Waals surface area contributed by atoms with E-state index in [0.29, 0.717) is 12.3 Å². The molecule has 0 rings (SSSR count). The van der Waals surface area contributed by atoms with Gasteiger partial charge in [-0.3, -0.25) is 18.7 Å². The third-order valence-corrected chi connectivity index (χ3v) is 3.19. The van der Waals surface area contributed by atoms with Gasteiger partial charge in [-0.05, 0) is 13.3 Å². The SMILES string of the molecule is CC(C(=O)NCCS)N(S)C(=O)CCC(N)C(=O)O. The van der Waals surface area contributed by atoms with Gasteiger partial charge in [0.2, 0.25) is 11.8 Å². The van der Waals surface area contributed by atoms with E-state index in [1.54, 1.807) is 0 Å². The predicted molar refractivity (Wildman–Crippen MR) is 77.0 cm³/mol. The third-order valence-electron chi connectivity index (χ3n) is 2.40. The Morgan fingerprint density at radius 3 is 2.47 bits per heavy atom. The van der Waals surface area contributed by atoms with Crippen LogP contribution in [0.3, 0.4) is 0 Å². The number of carboxylic acids is 1. The van der Waals surface area contributed by atoms with Crippen molar-refractivity contribution in [3.05, 3.63) is 0 Å². The smallest absolute Gasteiger partial charge is 0.320 e. The maximum absolute atomic E-state index is 11.7. The van der Waals surface area contributed by atoms with Crippen molar-refractivity contribution in [2.75, 3.05) is 12.3 Å². The van der Waals surface area contributed by atoms with Gasteiger partial charge in [-0.1, -0.05) is 12.8 Å². The lowest BCUT2D eigenvalue weighted by Gasteiger charge is -2.22. The van der Waals surface area contributed by atoms with Crippen molar-refractivity contribution >= 4 is 43.2 Å². The minimum Gasteiger partial charge on any atom is -0.480 e. The van der Waals surface area contributed by atoms with E-state index in [2.05, 4.69) is 30.8 Å². The first-order valence-corrected chi connectivity index (χ1v) is 6.72. The monoisotopic (exact) mass is 309 g/mol. The van der Waals surface area contributed by atoms with Crippen molar-refractivity contribution < 1.29 is 19.5 Å². The van der Waals surface area contributed by atoms with E-state index < -0.39 is 24.0 Å². The minimum atomic E-state index is -1.17. The Hall–Kier alpha value is -0.930. The van der Waals surface area contributed by atoms with Gasteiger partial charge in [-0.15, -0.1) is 0 Å². The highest BCUT2D eigenvalue weighted by molar-refractivity contribution is 7.80. The second-order valence-electron chi connectivity index (χ2n) is 3.91. The molecule has 2 atom stereocenters. The van der Waals surface area contributed by atoms with Gasteiger partial charge >= 0.3 is 5.97 Å². The second kappa shape index (κ2) is 9.05. The van der Waals surface area contributed by atoms with Crippen LogP contribution >= 0.6 is 25.4 Å². The van der Waals surface area contributed by atoms with Gasteiger partial charge in [-0.25, -0.2) is 0 Å². The molecule has 0 radical (unpaired) electrons. The number of carbonyl (C=O) groups excluding carboxylic acids is 2. The maximum atomic E-state index is 11.7. The van der Waals surface area contributed by atoms with E-state index >= 15 is 0 Å². The van der Waals surface area contributed by atoms with Crippen molar-refractivity contribution in [3.8, 4) is 0 Å². The Kier molecular flexibility index (Phi) is 8.61. The van der Waals surface area contributed by atoms with Crippen LogP contribution in [0.15, 0.2) is 0 Å². The number of nitrogens with zero attached hydrogens (tertiary/aromatic N) is 1. The number of carboxylic acid groups (broad SMARTS) is 1. The zero-order valence-electron chi connectivity index (χ0n) is 10.6. The molecular weight excluding hydrogens is 290 g/mol. The first-order valence-electron chi connectivity index (χ1n) is 5.69. The summed E-state index contributed by atoms with van der Waals surface area (Å²) in [4.78, 5) is 33.8. The zero-order chi connectivity index (χ0) is 15.0. The van der Waals surface area contributed by atoms with Crippen molar-refractivity contribution in [3.63, 3.8) is 0 Å². The quantitative estimate of drug-likeness (QED) is 0.380. The molecule has 7 nitrogen and oxygen atoms in total. The molecule has 110 valence electrons. The molecule has 0 fully saturated rings. The Morgan fingerprint density at radius 2 is 2.00 bits per heavy atom. The molecule has 0 bridgehead atoms. The summed E-state index contributed by atoms with van der Waals surface area (Å²) in [6, 6.07) is -1.85. The summed E-state index contributed by atoms with van der Waals surface area (Å²) in [5, 5.41) is 11.2. The lowest BCUT2D eigenvalue weighted by atomic mass is 10.1. The number of carbonyl (C=O) groups is 3. The van der Waals surface area contributed by atoms with Gasteiger partial charge in [0, 0.05) is 18.7 Å². The summed E-state index contributed by atoms with van der Waals surface area (Å²) in [5.41, 5.74) is 5.28. The number of nitrogens with one attached hydrogen (secondary N) is 1. The highest BCUT2D eigenvalue weighted by Crippen LogP contribution is 2.08. The Morgan fingerprint density at radius 1 is 1.42 bits per heavy atom. The Balaban J connectivity index is 4.24. The number of rotatable bonds is 8. The average molecular weight is 309 g/mol. The van der Waals surface area contributed by atoms with Gasteiger partial charge in [0.1, 0.15) is 12.1 Å². The number of thiol groups is 2. The molecule has 4 N–H and O–H groups in total. The molecule has 2 amide bonds. The van der Waals surface area contributed by atoms with Crippen LogP contribution in [0.2, 0.25) is 0 Å². The Bertz CT molecular complexity index is 341. The molecule has 0 aromatic heterocycles. The van der Waals surface area contributed by atoms with Crippen LogP contribution in [0.4, 0.5) is 0 Å². The number of aliphatic carboxylic acids is 1. The van der Waals surface area contributed by atoms with Gasteiger partial charge in [0.15, 0.2) is 0 Å². The van der Waals surface area contributed by atoms with E-state index in [-0.39, 0.29) is 18.7 Å². The first-order chi connectivity index (χ1) is 8.81. The highest BCUT2D eigenvalue weighted by Gasteiger charge is 2.24. The molecule has 0 aromatic rings. The van der Waals surface area contributed by atoms with Crippen LogP contribution in [0, 0.1) is 0 Å². The normalized spacial score (nSPS) is 13.5. The molecule has 2 unspecified atom stereocenters. The zero-order valence-corrected chi connectivity index (χ0v) is 12.4. The fourth-order valence-electron chi connectivity index (χ4n) is 1.17. The van der Waals surface area contributed by atoms with Crippen LogP contribution in [-0.4, -0.2) is 51.6 Å².